The van der Waals surface area contributed by atoms with Crippen molar-refractivity contribution in [3.05, 3.63) is 11.6 Å². The largest absolute Gasteiger partial charge is 0.311 e. The normalized spacial score (nSPS) is 35.1. The molecule has 4 heteroatoms. The van der Waals surface area contributed by atoms with Gasteiger partial charge in [0.15, 0.2) is 0 Å². The molecule has 2 aliphatic carbocycles. The predicted molar refractivity (Wildman–Crippen MR) is 73.9 cm³/mol. The Bertz CT molecular complexity index is 463. The zero-order valence-corrected chi connectivity index (χ0v) is 11.8. The average molecular weight is 260 g/mol. The minimum absolute atomic E-state index is 0.446. The van der Waals surface area contributed by atoms with Crippen LogP contribution in [0.15, 0.2) is 0 Å². The first-order valence-electron chi connectivity index (χ1n) is 8.00. The second kappa shape index (κ2) is 4.58. The number of aryl methyl sites for hydroxylation is 1. The summed E-state index contributed by atoms with van der Waals surface area (Å²) in [4.78, 5) is 0. The van der Waals surface area contributed by atoms with Crippen LogP contribution in [0.1, 0.15) is 75.1 Å². The van der Waals surface area contributed by atoms with Crippen LogP contribution in [0.2, 0.25) is 0 Å². The van der Waals surface area contributed by atoms with Crippen molar-refractivity contribution in [3.63, 3.8) is 0 Å². The minimum Gasteiger partial charge on any atom is -0.311 e. The van der Waals surface area contributed by atoms with E-state index in [1.54, 1.807) is 0 Å². The van der Waals surface area contributed by atoms with Crippen molar-refractivity contribution in [1.29, 1.82) is 0 Å². The van der Waals surface area contributed by atoms with Crippen LogP contribution in [-0.4, -0.2) is 20.8 Å². The molecule has 1 N–H and O–H groups in total. The van der Waals surface area contributed by atoms with Crippen LogP contribution >= 0.6 is 0 Å². The first kappa shape index (κ1) is 11.9. The third kappa shape index (κ3) is 2.10. The predicted octanol–water partition coefficient (Wildman–Crippen LogP) is 2.90. The summed E-state index contributed by atoms with van der Waals surface area (Å²) in [5.41, 5.74) is 0. The molecule has 104 valence electrons. The van der Waals surface area contributed by atoms with E-state index in [0.29, 0.717) is 12.1 Å². The maximum atomic E-state index is 4.49. The maximum Gasteiger partial charge on any atom is 0.150 e. The van der Waals surface area contributed by atoms with E-state index >= 15 is 0 Å². The third-order valence-electron chi connectivity index (χ3n) is 5.27. The molecule has 2 heterocycles. The lowest BCUT2D eigenvalue weighted by molar-refractivity contribution is 0.171. The van der Waals surface area contributed by atoms with Crippen molar-refractivity contribution in [2.24, 2.45) is 5.92 Å². The fourth-order valence-electron chi connectivity index (χ4n) is 4.11. The molecule has 3 atom stereocenters. The molecule has 1 aromatic rings. The highest BCUT2D eigenvalue weighted by Gasteiger charge is 2.36. The summed E-state index contributed by atoms with van der Waals surface area (Å²) in [6.07, 6.45) is 10.9. The number of nitrogens with zero attached hydrogens (tertiary/aromatic N) is 3. The topological polar surface area (TPSA) is 42.7 Å². The first-order valence-corrected chi connectivity index (χ1v) is 8.00. The van der Waals surface area contributed by atoms with E-state index in [1.807, 2.05) is 0 Å². The van der Waals surface area contributed by atoms with Gasteiger partial charge in [-0.1, -0.05) is 12.8 Å². The Morgan fingerprint density at radius 1 is 1.00 bits per heavy atom. The Morgan fingerprint density at radius 3 is 2.68 bits per heavy atom. The molecular formula is C15H24N4. The van der Waals surface area contributed by atoms with Crippen molar-refractivity contribution >= 4 is 0 Å². The molecular weight excluding hydrogens is 236 g/mol. The van der Waals surface area contributed by atoms with Crippen LogP contribution < -0.4 is 5.32 Å². The maximum absolute atomic E-state index is 4.49. The Balaban J connectivity index is 1.56. The second-order valence-electron chi connectivity index (χ2n) is 6.65. The van der Waals surface area contributed by atoms with Crippen LogP contribution in [0.5, 0.6) is 0 Å². The lowest BCUT2D eigenvalue weighted by atomic mass is 9.77. The minimum atomic E-state index is 0.446. The summed E-state index contributed by atoms with van der Waals surface area (Å²) in [7, 11) is 0. The monoisotopic (exact) mass is 260 g/mol. The van der Waals surface area contributed by atoms with Crippen molar-refractivity contribution in [2.45, 2.75) is 76.4 Å². The Kier molecular flexibility index (Phi) is 2.87. The number of aromatic nitrogens is 3. The zero-order chi connectivity index (χ0) is 12.8. The van der Waals surface area contributed by atoms with Crippen molar-refractivity contribution in [2.75, 3.05) is 0 Å². The van der Waals surface area contributed by atoms with Crippen LogP contribution in [-0.2, 0) is 0 Å². The van der Waals surface area contributed by atoms with Crippen LogP contribution in [0, 0.1) is 12.8 Å². The van der Waals surface area contributed by atoms with Gasteiger partial charge in [-0.15, -0.1) is 10.2 Å². The highest BCUT2D eigenvalue weighted by Crippen LogP contribution is 2.41. The number of hydrogen-bond donors (Lipinski definition) is 1. The molecule has 1 aliphatic heterocycles. The van der Waals surface area contributed by atoms with Gasteiger partial charge >= 0.3 is 0 Å². The van der Waals surface area contributed by atoms with Crippen molar-refractivity contribution in [1.82, 2.24) is 20.1 Å². The van der Waals surface area contributed by atoms with Gasteiger partial charge in [-0.05, 0) is 51.4 Å². The second-order valence-corrected chi connectivity index (χ2v) is 6.65. The molecule has 0 radical (unpaired) electrons. The Hall–Kier alpha value is -0.900. The molecule has 0 aromatic carbocycles. The molecule has 0 amide bonds. The first-order chi connectivity index (χ1) is 9.33. The highest BCUT2D eigenvalue weighted by molar-refractivity contribution is 5.08. The molecule has 3 fully saturated rings. The summed E-state index contributed by atoms with van der Waals surface area (Å²) in [6.45, 7) is 2.10. The van der Waals surface area contributed by atoms with Gasteiger partial charge in [0.05, 0.1) is 6.04 Å². The smallest absolute Gasteiger partial charge is 0.150 e. The molecule has 4 rings (SSSR count). The van der Waals surface area contributed by atoms with Gasteiger partial charge in [0.25, 0.3) is 0 Å². The van der Waals surface area contributed by atoms with Gasteiger partial charge in [0.2, 0.25) is 0 Å². The highest BCUT2D eigenvalue weighted by atomic mass is 15.3. The van der Waals surface area contributed by atoms with Crippen molar-refractivity contribution in [3.8, 4) is 0 Å². The van der Waals surface area contributed by atoms with E-state index in [0.717, 1.165) is 17.8 Å². The number of fused-ring (bicyclic) bond motifs is 1. The molecule has 0 bridgehead atoms. The van der Waals surface area contributed by atoms with Gasteiger partial charge in [-0.25, -0.2) is 0 Å². The van der Waals surface area contributed by atoms with Crippen LogP contribution in [0.4, 0.5) is 0 Å². The van der Waals surface area contributed by atoms with E-state index in [9.17, 15) is 0 Å². The molecule has 3 unspecified atom stereocenters. The van der Waals surface area contributed by atoms with Gasteiger partial charge < -0.3 is 9.88 Å². The summed E-state index contributed by atoms with van der Waals surface area (Å²) < 4.78 is 2.40. The summed E-state index contributed by atoms with van der Waals surface area (Å²) >= 11 is 0. The lowest BCUT2D eigenvalue weighted by Crippen LogP contribution is -2.45. The molecule has 4 nitrogen and oxygen atoms in total. The summed E-state index contributed by atoms with van der Waals surface area (Å²) in [5.74, 6) is 3.23. The van der Waals surface area contributed by atoms with Crippen LogP contribution in [0.25, 0.3) is 0 Å². The molecule has 1 saturated heterocycles. The van der Waals surface area contributed by atoms with Gasteiger partial charge in [-0.2, -0.15) is 0 Å². The number of rotatable bonds is 2. The fourth-order valence-corrected chi connectivity index (χ4v) is 4.11. The molecule has 19 heavy (non-hydrogen) atoms. The Morgan fingerprint density at radius 2 is 1.84 bits per heavy atom. The van der Waals surface area contributed by atoms with E-state index in [-0.39, 0.29) is 0 Å². The van der Waals surface area contributed by atoms with Crippen molar-refractivity contribution < 1.29 is 0 Å². The number of hydrogen-bond acceptors (Lipinski definition) is 3. The van der Waals surface area contributed by atoms with Crippen LogP contribution in [0.3, 0.4) is 0 Å². The molecule has 2 saturated carbocycles. The standard InChI is InChI=1S/C15H24N4/c1-10-17-18-15(19(10)12-7-8-12)14-9-6-11-4-2-3-5-13(11)16-14/h11-14,16H,2-9H2,1H3. The van der Waals surface area contributed by atoms with Gasteiger partial charge in [-0.3, -0.25) is 0 Å². The van der Waals surface area contributed by atoms with E-state index in [1.165, 1.54) is 57.2 Å². The SMILES string of the molecule is Cc1nnc(C2CCC3CCCCC3N2)n1C1CC1. The Labute approximate surface area is 115 Å². The quantitative estimate of drug-likeness (QED) is 0.889. The van der Waals surface area contributed by atoms with E-state index < -0.39 is 0 Å². The van der Waals surface area contributed by atoms with Gasteiger partial charge in [0, 0.05) is 12.1 Å². The summed E-state index contributed by atoms with van der Waals surface area (Å²) in [6, 6.07) is 1.87. The fraction of sp³-hybridized carbons (Fsp3) is 0.867. The summed E-state index contributed by atoms with van der Waals surface area (Å²) in [5, 5.41) is 12.7. The average Bonchev–Trinajstić information content (AvgIpc) is 3.21. The van der Waals surface area contributed by atoms with E-state index in [4.69, 9.17) is 0 Å². The molecule has 0 spiro atoms. The van der Waals surface area contributed by atoms with Gasteiger partial charge in [0.1, 0.15) is 11.6 Å². The third-order valence-corrected chi connectivity index (χ3v) is 5.27. The number of nitrogens with one attached hydrogen (secondary N) is 1. The lowest BCUT2D eigenvalue weighted by Gasteiger charge is -2.40. The van der Waals surface area contributed by atoms with E-state index in [2.05, 4.69) is 27.0 Å². The zero-order valence-electron chi connectivity index (χ0n) is 11.8. The molecule has 3 aliphatic rings. The molecule has 1 aromatic heterocycles. The number of piperidine rings is 1.